The molecule has 0 spiro atoms. The van der Waals surface area contributed by atoms with Gasteiger partial charge in [0, 0.05) is 31.4 Å². The summed E-state index contributed by atoms with van der Waals surface area (Å²) in [5, 5.41) is 7.34. The molecule has 1 atom stereocenters. The van der Waals surface area contributed by atoms with E-state index in [4.69, 9.17) is 4.74 Å². The molecule has 5 rings (SSSR count). The number of benzene rings is 1. The van der Waals surface area contributed by atoms with E-state index < -0.39 is 5.82 Å². The number of halogens is 1. The van der Waals surface area contributed by atoms with E-state index in [0.29, 0.717) is 18.8 Å². The van der Waals surface area contributed by atoms with Crippen molar-refractivity contribution in [1.82, 2.24) is 24.5 Å². The summed E-state index contributed by atoms with van der Waals surface area (Å²) in [4.78, 5) is 19.2. The van der Waals surface area contributed by atoms with Crippen LogP contribution in [0.2, 0.25) is 0 Å². The number of imidazole rings is 1. The maximum atomic E-state index is 13.7. The number of hydrogen-bond acceptors (Lipinski definition) is 4. The number of aromatic nitrogens is 4. The minimum Gasteiger partial charge on any atom is -0.484 e. The first-order valence-electron chi connectivity index (χ1n) is 10.2. The van der Waals surface area contributed by atoms with Gasteiger partial charge in [-0.15, -0.1) is 0 Å². The molecule has 4 aromatic rings. The molecule has 0 bridgehead atoms. The van der Waals surface area contributed by atoms with Crippen molar-refractivity contribution in [3.05, 3.63) is 83.3 Å². The van der Waals surface area contributed by atoms with Crippen LogP contribution in [-0.2, 0) is 6.61 Å². The number of pyridine rings is 1. The SMILES string of the molecule is Cc1ccn2cc(C(=O)N3CCC(c4cc(COc5ccccc5F)[nH]n4)C3)nc2c1. The van der Waals surface area contributed by atoms with Crippen molar-refractivity contribution in [2.45, 2.75) is 25.9 Å². The summed E-state index contributed by atoms with van der Waals surface area (Å²) in [6.07, 6.45) is 4.52. The molecule has 7 nitrogen and oxygen atoms in total. The maximum absolute atomic E-state index is 13.7. The van der Waals surface area contributed by atoms with Crippen LogP contribution >= 0.6 is 0 Å². The average Bonchev–Trinajstić information content (AvgIpc) is 3.51. The zero-order chi connectivity index (χ0) is 21.4. The minimum atomic E-state index is -0.394. The number of ether oxygens (including phenoxy) is 1. The lowest BCUT2D eigenvalue weighted by atomic mass is 10.1. The molecule has 0 saturated carbocycles. The highest BCUT2D eigenvalue weighted by atomic mass is 19.1. The zero-order valence-electron chi connectivity index (χ0n) is 17.1. The second kappa shape index (κ2) is 7.86. The van der Waals surface area contributed by atoms with E-state index in [1.165, 1.54) is 6.07 Å². The van der Waals surface area contributed by atoms with Gasteiger partial charge in [-0.3, -0.25) is 9.89 Å². The number of rotatable bonds is 5. The van der Waals surface area contributed by atoms with Crippen LogP contribution in [0.3, 0.4) is 0 Å². The largest absolute Gasteiger partial charge is 0.484 e. The highest BCUT2D eigenvalue weighted by Crippen LogP contribution is 2.28. The Kier molecular flexibility index (Phi) is 4.89. The van der Waals surface area contributed by atoms with Crippen LogP contribution in [0, 0.1) is 12.7 Å². The molecule has 0 aliphatic carbocycles. The Bertz CT molecular complexity index is 1250. The predicted octanol–water partition coefficient (Wildman–Crippen LogP) is 3.71. The van der Waals surface area contributed by atoms with E-state index in [1.807, 2.05) is 40.6 Å². The van der Waals surface area contributed by atoms with Crippen LogP contribution in [0.5, 0.6) is 5.75 Å². The number of amides is 1. The van der Waals surface area contributed by atoms with E-state index in [9.17, 15) is 9.18 Å². The molecule has 1 aliphatic rings. The average molecular weight is 419 g/mol. The Morgan fingerprint density at radius 1 is 1.29 bits per heavy atom. The van der Waals surface area contributed by atoms with E-state index in [1.54, 1.807) is 24.4 Å². The molecular formula is C23H22FN5O2. The first-order valence-corrected chi connectivity index (χ1v) is 10.2. The number of carbonyl (C=O) groups is 1. The zero-order valence-corrected chi connectivity index (χ0v) is 17.1. The summed E-state index contributed by atoms with van der Waals surface area (Å²) >= 11 is 0. The molecule has 1 aromatic carbocycles. The quantitative estimate of drug-likeness (QED) is 0.535. The Hall–Kier alpha value is -3.68. The first-order chi connectivity index (χ1) is 15.1. The van der Waals surface area contributed by atoms with Crippen LogP contribution in [0.4, 0.5) is 4.39 Å². The number of H-pyrrole nitrogens is 1. The molecule has 3 aromatic heterocycles. The number of fused-ring (bicyclic) bond motifs is 1. The van der Waals surface area contributed by atoms with Gasteiger partial charge in [0.2, 0.25) is 0 Å². The van der Waals surface area contributed by atoms with E-state index in [0.717, 1.165) is 29.0 Å². The molecule has 158 valence electrons. The van der Waals surface area contributed by atoms with Crippen molar-refractivity contribution in [1.29, 1.82) is 0 Å². The maximum Gasteiger partial charge on any atom is 0.274 e. The van der Waals surface area contributed by atoms with Gasteiger partial charge in [0.25, 0.3) is 5.91 Å². The van der Waals surface area contributed by atoms with E-state index in [2.05, 4.69) is 15.2 Å². The summed E-state index contributed by atoms with van der Waals surface area (Å²) in [6.45, 7) is 3.44. The summed E-state index contributed by atoms with van der Waals surface area (Å²) in [6, 6.07) is 12.2. The van der Waals surface area contributed by atoms with Crippen LogP contribution in [0.15, 0.2) is 54.9 Å². The van der Waals surface area contributed by atoms with Crippen molar-refractivity contribution < 1.29 is 13.9 Å². The van der Waals surface area contributed by atoms with Crippen molar-refractivity contribution in [2.24, 2.45) is 0 Å². The second-order valence-corrected chi connectivity index (χ2v) is 7.87. The predicted molar refractivity (Wildman–Crippen MR) is 113 cm³/mol. The van der Waals surface area contributed by atoms with Crippen molar-refractivity contribution >= 4 is 11.6 Å². The molecule has 0 radical (unpaired) electrons. The van der Waals surface area contributed by atoms with Crippen LogP contribution < -0.4 is 4.74 Å². The normalized spacial score (nSPS) is 16.2. The van der Waals surface area contributed by atoms with Crippen molar-refractivity contribution in [3.63, 3.8) is 0 Å². The third-order valence-electron chi connectivity index (χ3n) is 5.60. The molecule has 1 saturated heterocycles. The number of nitrogens with one attached hydrogen (secondary N) is 1. The van der Waals surface area contributed by atoms with Gasteiger partial charge in [0.15, 0.2) is 11.6 Å². The van der Waals surface area contributed by atoms with E-state index >= 15 is 0 Å². The topological polar surface area (TPSA) is 75.5 Å². The van der Waals surface area contributed by atoms with Gasteiger partial charge in [-0.25, -0.2) is 9.37 Å². The van der Waals surface area contributed by atoms with Gasteiger partial charge in [0.05, 0.1) is 11.4 Å². The molecule has 1 aliphatic heterocycles. The Morgan fingerprint density at radius 3 is 3.03 bits per heavy atom. The van der Waals surface area contributed by atoms with Gasteiger partial charge in [-0.2, -0.15) is 5.10 Å². The van der Waals surface area contributed by atoms with Gasteiger partial charge in [-0.1, -0.05) is 12.1 Å². The molecule has 1 amide bonds. The van der Waals surface area contributed by atoms with Crippen LogP contribution in [0.25, 0.3) is 5.65 Å². The Morgan fingerprint density at radius 2 is 2.16 bits per heavy atom. The number of aryl methyl sites for hydroxylation is 1. The number of aromatic amines is 1. The molecule has 4 heterocycles. The minimum absolute atomic E-state index is 0.0671. The highest BCUT2D eigenvalue weighted by Gasteiger charge is 2.30. The molecule has 1 N–H and O–H groups in total. The number of carbonyl (C=O) groups excluding carboxylic acids is 1. The van der Waals surface area contributed by atoms with Crippen molar-refractivity contribution in [3.8, 4) is 5.75 Å². The standard InChI is InChI=1S/C23H22FN5O2/c1-15-6-8-28-13-20(25-22(28)10-15)23(30)29-9-7-16(12-29)19-11-17(26-27-19)14-31-21-5-3-2-4-18(21)24/h2-6,8,10-11,13,16H,7,9,12,14H2,1H3,(H,26,27). The highest BCUT2D eigenvalue weighted by molar-refractivity contribution is 5.93. The molecule has 31 heavy (non-hydrogen) atoms. The summed E-state index contributed by atoms with van der Waals surface area (Å²) in [5.74, 6) is -0.114. The molecule has 1 unspecified atom stereocenters. The van der Waals surface area contributed by atoms with Gasteiger partial charge >= 0.3 is 0 Å². The monoisotopic (exact) mass is 419 g/mol. The van der Waals surface area contributed by atoms with Crippen molar-refractivity contribution in [2.75, 3.05) is 13.1 Å². The smallest absolute Gasteiger partial charge is 0.274 e. The Balaban J connectivity index is 1.23. The molecule has 8 heteroatoms. The third-order valence-corrected chi connectivity index (χ3v) is 5.60. The lowest BCUT2D eigenvalue weighted by Crippen LogP contribution is -2.28. The van der Waals surface area contributed by atoms with Gasteiger partial charge in [0.1, 0.15) is 17.9 Å². The lowest BCUT2D eigenvalue weighted by Gasteiger charge is -2.14. The fraction of sp³-hybridized carbons (Fsp3) is 0.261. The van der Waals surface area contributed by atoms with Gasteiger partial charge < -0.3 is 14.0 Å². The Labute approximate surface area is 178 Å². The lowest BCUT2D eigenvalue weighted by molar-refractivity contribution is 0.0785. The number of hydrogen-bond donors (Lipinski definition) is 1. The van der Waals surface area contributed by atoms with Gasteiger partial charge in [-0.05, 0) is 49.2 Å². The number of likely N-dealkylation sites (tertiary alicyclic amines) is 1. The van der Waals surface area contributed by atoms with E-state index in [-0.39, 0.29) is 24.2 Å². The third kappa shape index (κ3) is 3.88. The number of para-hydroxylation sites is 1. The summed E-state index contributed by atoms with van der Waals surface area (Å²) < 4.78 is 21.1. The van der Waals surface area contributed by atoms with Crippen LogP contribution in [-0.4, -0.2) is 43.5 Å². The fourth-order valence-corrected chi connectivity index (χ4v) is 3.91. The second-order valence-electron chi connectivity index (χ2n) is 7.87. The first kappa shape index (κ1) is 19.3. The summed E-state index contributed by atoms with van der Waals surface area (Å²) in [5.41, 5.74) is 3.97. The molecular weight excluding hydrogens is 397 g/mol. The molecule has 1 fully saturated rings. The number of nitrogens with zero attached hydrogens (tertiary/aromatic N) is 4. The fourth-order valence-electron chi connectivity index (χ4n) is 3.91. The van der Waals surface area contributed by atoms with Crippen LogP contribution in [0.1, 0.15) is 39.8 Å². The summed E-state index contributed by atoms with van der Waals surface area (Å²) in [7, 11) is 0.